The minimum atomic E-state index is -1.91. The molecule has 0 saturated carbocycles. The molecule has 1 saturated heterocycles. The molecule has 0 amide bonds. The number of carboxylic acid groups (broad SMARTS) is 1. The van der Waals surface area contributed by atoms with E-state index in [0.29, 0.717) is 19.3 Å². The van der Waals surface area contributed by atoms with Gasteiger partial charge in [-0.1, -0.05) is 261 Å². The van der Waals surface area contributed by atoms with Gasteiger partial charge in [0.2, 0.25) is 0 Å². The SMILES string of the molecule is CC/C=C\C/C=C\C/C=C\CCCCCCCC(=O)OC(COC(=O)CCCCCCCCCCCCCCCCCCCCC)COC1OC(C(=O)O)C(O)C(O)C1OC(=O)CCCCCCCCC/C=C\C/C=C\CCCCC. The summed E-state index contributed by atoms with van der Waals surface area (Å²) < 4.78 is 28.5. The molecule has 0 spiro atoms. The lowest BCUT2D eigenvalue weighted by Gasteiger charge is -2.40. The van der Waals surface area contributed by atoms with Crippen LogP contribution in [-0.4, -0.2) is 89.2 Å². The first-order valence-electron chi connectivity index (χ1n) is 33.3. The molecule has 0 aromatic heterocycles. The van der Waals surface area contributed by atoms with Crippen LogP contribution >= 0.6 is 0 Å². The molecule has 81 heavy (non-hydrogen) atoms. The Hall–Kier alpha value is -3.58. The lowest BCUT2D eigenvalue weighted by molar-refractivity contribution is -0.301. The number of hydrogen-bond acceptors (Lipinski definition) is 11. The van der Waals surface area contributed by atoms with E-state index in [4.69, 9.17) is 23.7 Å². The van der Waals surface area contributed by atoms with Gasteiger partial charge in [0.1, 0.15) is 18.8 Å². The molecule has 0 aromatic carbocycles. The van der Waals surface area contributed by atoms with Crippen LogP contribution in [0.25, 0.3) is 0 Å². The Morgan fingerprint density at radius 1 is 0.420 bits per heavy atom. The Morgan fingerprint density at radius 2 is 0.778 bits per heavy atom. The summed E-state index contributed by atoms with van der Waals surface area (Å²) in [5.41, 5.74) is 0. The third-order valence-corrected chi connectivity index (χ3v) is 15.1. The van der Waals surface area contributed by atoms with Crippen molar-refractivity contribution in [2.45, 2.75) is 340 Å². The Morgan fingerprint density at radius 3 is 1.21 bits per heavy atom. The van der Waals surface area contributed by atoms with Crippen molar-refractivity contribution in [2.75, 3.05) is 13.2 Å². The van der Waals surface area contributed by atoms with Gasteiger partial charge in [0.05, 0.1) is 6.61 Å². The molecule has 1 aliphatic heterocycles. The number of aliphatic hydroxyl groups excluding tert-OH is 2. The van der Waals surface area contributed by atoms with E-state index in [1.807, 2.05) is 0 Å². The van der Waals surface area contributed by atoms with E-state index in [1.165, 1.54) is 116 Å². The van der Waals surface area contributed by atoms with Gasteiger partial charge < -0.3 is 39.0 Å². The van der Waals surface area contributed by atoms with Crippen LogP contribution in [-0.2, 0) is 42.9 Å². The van der Waals surface area contributed by atoms with Gasteiger partial charge in [-0.3, -0.25) is 14.4 Å². The third kappa shape index (κ3) is 46.5. The minimum Gasteiger partial charge on any atom is -0.479 e. The number of rotatable bonds is 57. The maximum atomic E-state index is 13.2. The number of carboxylic acids is 1. The summed E-state index contributed by atoms with van der Waals surface area (Å²) in [5, 5.41) is 31.6. The summed E-state index contributed by atoms with van der Waals surface area (Å²) >= 11 is 0. The fraction of sp³-hybridized carbons (Fsp3) is 0.797. The van der Waals surface area contributed by atoms with E-state index in [-0.39, 0.29) is 25.9 Å². The highest BCUT2D eigenvalue weighted by Crippen LogP contribution is 2.27. The molecule has 1 rings (SSSR count). The normalized spacial score (nSPS) is 18.1. The van der Waals surface area contributed by atoms with Crippen molar-refractivity contribution in [3.63, 3.8) is 0 Å². The number of ether oxygens (including phenoxy) is 5. The van der Waals surface area contributed by atoms with Crippen molar-refractivity contribution in [3.05, 3.63) is 60.8 Å². The van der Waals surface area contributed by atoms with Crippen LogP contribution in [0.3, 0.4) is 0 Å². The van der Waals surface area contributed by atoms with Gasteiger partial charge in [0, 0.05) is 19.3 Å². The monoisotopic (exact) mass is 1140 g/mol. The summed E-state index contributed by atoms with van der Waals surface area (Å²) in [4.78, 5) is 51.4. The van der Waals surface area contributed by atoms with Gasteiger partial charge in [-0.15, -0.1) is 0 Å². The Labute approximate surface area is 494 Å². The predicted octanol–water partition coefficient (Wildman–Crippen LogP) is 17.9. The molecule has 0 aliphatic carbocycles. The molecule has 1 aliphatic rings. The van der Waals surface area contributed by atoms with Crippen LogP contribution in [0.4, 0.5) is 0 Å². The van der Waals surface area contributed by atoms with E-state index >= 15 is 0 Å². The number of carbonyl (C=O) groups excluding carboxylic acids is 3. The Kier molecular flexibility index (Phi) is 53.0. The number of aliphatic carboxylic acids is 1. The summed E-state index contributed by atoms with van der Waals surface area (Å²) in [6, 6.07) is 0. The number of carbonyl (C=O) groups is 4. The fourth-order valence-corrected chi connectivity index (χ4v) is 10.0. The highest BCUT2D eigenvalue weighted by atomic mass is 16.7. The predicted molar refractivity (Wildman–Crippen MR) is 331 cm³/mol. The lowest BCUT2D eigenvalue weighted by Crippen LogP contribution is -2.61. The smallest absolute Gasteiger partial charge is 0.335 e. The van der Waals surface area contributed by atoms with Crippen LogP contribution in [0.15, 0.2) is 60.8 Å². The zero-order chi connectivity index (χ0) is 58.9. The summed E-state index contributed by atoms with van der Waals surface area (Å²) in [6.45, 7) is 5.89. The minimum absolute atomic E-state index is 0.0500. The highest BCUT2D eigenvalue weighted by molar-refractivity contribution is 5.74. The summed E-state index contributed by atoms with van der Waals surface area (Å²) in [5.74, 6) is -3.13. The molecule has 12 heteroatoms. The van der Waals surface area contributed by atoms with Crippen molar-refractivity contribution in [3.8, 4) is 0 Å². The largest absolute Gasteiger partial charge is 0.479 e. The van der Waals surface area contributed by atoms with E-state index in [2.05, 4.69) is 81.5 Å². The first-order valence-corrected chi connectivity index (χ1v) is 33.3. The maximum absolute atomic E-state index is 13.2. The van der Waals surface area contributed by atoms with Crippen molar-refractivity contribution >= 4 is 23.9 Å². The molecule has 0 bridgehead atoms. The second-order valence-corrected chi connectivity index (χ2v) is 22.7. The van der Waals surface area contributed by atoms with E-state index < -0.39 is 67.3 Å². The average Bonchev–Trinajstić information content (AvgIpc) is 3.53. The van der Waals surface area contributed by atoms with Crippen molar-refractivity contribution in [1.82, 2.24) is 0 Å². The topological polar surface area (TPSA) is 175 Å². The second kappa shape index (κ2) is 56.9. The Balaban J connectivity index is 2.64. The quantitative estimate of drug-likeness (QED) is 0.0228. The fourth-order valence-electron chi connectivity index (χ4n) is 10.0. The molecule has 3 N–H and O–H groups in total. The summed E-state index contributed by atoms with van der Waals surface area (Å²) in [7, 11) is 0. The van der Waals surface area contributed by atoms with Gasteiger partial charge >= 0.3 is 23.9 Å². The molecule has 6 atom stereocenters. The number of unbranched alkanes of at least 4 members (excludes halogenated alkanes) is 33. The van der Waals surface area contributed by atoms with Gasteiger partial charge in [-0.2, -0.15) is 0 Å². The molecule has 12 nitrogen and oxygen atoms in total. The molecule has 1 heterocycles. The van der Waals surface area contributed by atoms with Crippen LogP contribution in [0, 0.1) is 0 Å². The van der Waals surface area contributed by atoms with Gasteiger partial charge in [-0.25, -0.2) is 4.79 Å². The first kappa shape index (κ1) is 75.4. The van der Waals surface area contributed by atoms with Crippen molar-refractivity contribution in [2.24, 2.45) is 0 Å². The number of esters is 3. The Bertz CT molecular complexity index is 1640. The van der Waals surface area contributed by atoms with Gasteiger partial charge in [0.25, 0.3) is 0 Å². The van der Waals surface area contributed by atoms with Crippen LogP contribution in [0.2, 0.25) is 0 Å². The maximum Gasteiger partial charge on any atom is 0.335 e. The van der Waals surface area contributed by atoms with Crippen molar-refractivity contribution < 1.29 is 58.2 Å². The molecule has 468 valence electrons. The molecule has 6 unspecified atom stereocenters. The number of allylic oxidation sites excluding steroid dienone is 10. The number of hydrogen-bond donors (Lipinski definition) is 3. The first-order chi connectivity index (χ1) is 39.6. The van der Waals surface area contributed by atoms with Crippen LogP contribution in [0.5, 0.6) is 0 Å². The average molecular weight is 1140 g/mol. The molecule has 0 radical (unpaired) electrons. The molecular weight excluding hydrogens is 1020 g/mol. The van der Waals surface area contributed by atoms with Gasteiger partial charge in [-0.05, 0) is 83.5 Å². The molecule has 1 fully saturated rings. The standard InChI is InChI=1S/C69H120O12/c1-4-7-10-13-16-19-22-25-28-30-31-33-35-37-40-43-46-49-52-55-61(70)77-58-60(79-62(71)56-53-50-47-44-41-38-34-27-24-21-18-15-12-9-6-3)59-78-69-67(65(74)64(73)66(81-69)68(75)76)80-63(72)57-54-51-48-45-42-39-36-32-29-26-23-20-17-14-11-8-5-2/h9,12,17-18,20-21,26-27,29,34,60,64-67,69,73-74H,4-8,10-11,13-16,19,22-25,28,30-33,35-59H2,1-3H3,(H,75,76)/b12-9-,20-17-,21-18-,29-26-,34-27-. The van der Waals surface area contributed by atoms with Crippen molar-refractivity contribution in [1.29, 1.82) is 0 Å². The lowest BCUT2D eigenvalue weighted by atomic mass is 9.98. The zero-order valence-electron chi connectivity index (χ0n) is 51.8. The second-order valence-electron chi connectivity index (χ2n) is 22.7. The summed E-state index contributed by atoms with van der Waals surface area (Å²) in [6.07, 6.45) is 58.9. The van der Waals surface area contributed by atoms with E-state index in [1.54, 1.807) is 0 Å². The van der Waals surface area contributed by atoms with Crippen LogP contribution < -0.4 is 0 Å². The van der Waals surface area contributed by atoms with Crippen LogP contribution in [0.1, 0.15) is 303 Å². The zero-order valence-corrected chi connectivity index (χ0v) is 51.8. The highest BCUT2D eigenvalue weighted by Gasteiger charge is 2.50. The van der Waals surface area contributed by atoms with E-state index in [9.17, 15) is 34.5 Å². The molecular formula is C69H120O12. The van der Waals surface area contributed by atoms with Gasteiger partial charge in [0.15, 0.2) is 24.6 Å². The molecule has 0 aromatic rings. The third-order valence-electron chi connectivity index (χ3n) is 15.1. The number of aliphatic hydroxyl groups is 2. The van der Waals surface area contributed by atoms with E-state index in [0.717, 1.165) is 128 Å².